The van der Waals surface area contributed by atoms with Crippen LogP contribution in [0, 0.1) is 0 Å². The summed E-state index contributed by atoms with van der Waals surface area (Å²) in [4.78, 5) is 24.1. The second kappa shape index (κ2) is 9.09. The molecule has 1 heterocycles. The second-order valence-electron chi connectivity index (χ2n) is 5.67. The molecule has 1 unspecified atom stereocenters. The molecule has 0 aliphatic heterocycles. The van der Waals surface area contributed by atoms with Crippen molar-refractivity contribution in [3.63, 3.8) is 0 Å². The van der Waals surface area contributed by atoms with Gasteiger partial charge < -0.3 is 28.5 Å². The minimum atomic E-state index is -0.776. The normalized spacial score (nSPS) is 11.7. The summed E-state index contributed by atoms with van der Waals surface area (Å²) in [7, 11) is 5.69. The Morgan fingerprint density at radius 3 is 2.41 bits per heavy atom. The van der Waals surface area contributed by atoms with E-state index in [-0.39, 0.29) is 24.5 Å². The summed E-state index contributed by atoms with van der Waals surface area (Å²) in [6.07, 6.45) is -0.154. The van der Waals surface area contributed by atoms with Crippen LogP contribution in [0.1, 0.15) is 29.4 Å². The second-order valence-corrected chi connectivity index (χ2v) is 5.67. The van der Waals surface area contributed by atoms with Crippen molar-refractivity contribution in [3.8, 4) is 17.2 Å². The number of carbonyl (C=O) groups is 1. The molecule has 0 amide bonds. The topological polar surface area (TPSA) is 104 Å². The van der Waals surface area contributed by atoms with E-state index in [0.29, 0.717) is 17.1 Å². The molecule has 8 heteroatoms. The van der Waals surface area contributed by atoms with Crippen LogP contribution in [-0.4, -0.2) is 39.5 Å². The minimum absolute atomic E-state index is 0.0411. The number of hydrogen-bond donors (Lipinski definition) is 1. The Labute approximate surface area is 156 Å². The Morgan fingerprint density at radius 2 is 1.81 bits per heavy atom. The molecule has 0 aliphatic carbocycles. The largest absolute Gasteiger partial charge is 0.502 e. The van der Waals surface area contributed by atoms with Crippen LogP contribution >= 0.6 is 0 Å². The van der Waals surface area contributed by atoms with Gasteiger partial charge in [-0.05, 0) is 17.7 Å². The van der Waals surface area contributed by atoms with Gasteiger partial charge in [-0.3, -0.25) is 9.59 Å². The number of benzene rings is 1. The zero-order chi connectivity index (χ0) is 20.0. The molecular formula is C19H22O8. The summed E-state index contributed by atoms with van der Waals surface area (Å²) in [6.45, 7) is 0.0411. The molecule has 2 rings (SSSR count). The lowest BCUT2D eigenvalue weighted by Crippen LogP contribution is -2.14. The van der Waals surface area contributed by atoms with E-state index in [0.717, 1.165) is 6.07 Å². The molecule has 0 saturated heterocycles. The van der Waals surface area contributed by atoms with Crippen molar-refractivity contribution in [2.45, 2.75) is 18.9 Å². The van der Waals surface area contributed by atoms with E-state index in [9.17, 15) is 14.7 Å². The lowest BCUT2D eigenvalue weighted by molar-refractivity contribution is -0.140. The third kappa shape index (κ3) is 4.59. The van der Waals surface area contributed by atoms with Crippen LogP contribution in [-0.2, 0) is 20.9 Å². The van der Waals surface area contributed by atoms with Gasteiger partial charge in [0.25, 0.3) is 0 Å². The smallest absolute Gasteiger partial charge is 0.306 e. The number of rotatable bonds is 8. The molecule has 1 N–H and O–H groups in total. The number of ether oxygens (including phenoxy) is 4. The molecule has 146 valence electrons. The van der Waals surface area contributed by atoms with Gasteiger partial charge in [0.2, 0.25) is 11.2 Å². The van der Waals surface area contributed by atoms with Crippen molar-refractivity contribution in [1.82, 2.24) is 0 Å². The molecule has 1 atom stereocenters. The molecule has 0 radical (unpaired) electrons. The van der Waals surface area contributed by atoms with E-state index >= 15 is 0 Å². The fourth-order valence-corrected chi connectivity index (χ4v) is 2.69. The Kier molecular flexibility index (Phi) is 6.84. The van der Waals surface area contributed by atoms with Crippen molar-refractivity contribution in [2.75, 3.05) is 28.4 Å². The Balaban J connectivity index is 2.62. The van der Waals surface area contributed by atoms with E-state index in [4.69, 9.17) is 23.4 Å². The average Bonchev–Trinajstić information content (AvgIpc) is 2.68. The molecule has 0 aliphatic rings. The van der Waals surface area contributed by atoms with Gasteiger partial charge in [-0.25, -0.2) is 0 Å². The highest BCUT2D eigenvalue weighted by atomic mass is 16.5. The van der Waals surface area contributed by atoms with Crippen molar-refractivity contribution in [1.29, 1.82) is 0 Å². The Bertz CT molecular complexity index is 855. The molecule has 1 aromatic heterocycles. The maximum absolute atomic E-state index is 12.1. The predicted octanol–water partition coefficient (Wildman–Crippen LogP) is 2.20. The lowest BCUT2D eigenvalue weighted by Gasteiger charge is -2.19. The van der Waals surface area contributed by atoms with Crippen LogP contribution in [0.4, 0.5) is 0 Å². The highest BCUT2D eigenvalue weighted by Gasteiger charge is 2.27. The summed E-state index contributed by atoms with van der Waals surface area (Å²) in [6, 6.07) is 6.14. The predicted molar refractivity (Wildman–Crippen MR) is 95.4 cm³/mol. The Morgan fingerprint density at radius 1 is 1.11 bits per heavy atom. The lowest BCUT2D eigenvalue weighted by atomic mass is 9.92. The maximum atomic E-state index is 12.1. The third-order valence-electron chi connectivity index (χ3n) is 4.01. The molecular weight excluding hydrogens is 356 g/mol. The zero-order valence-corrected chi connectivity index (χ0v) is 15.6. The summed E-state index contributed by atoms with van der Waals surface area (Å²) in [5.41, 5.74) is -0.0512. The first-order chi connectivity index (χ1) is 12.9. The van der Waals surface area contributed by atoms with E-state index in [1.54, 1.807) is 18.2 Å². The summed E-state index contributed by atoms with van der Waals surface area (Å²) >= 11 is 0. The van der Waals surface area contributed by atoms with Crippen LogP contribution in [0.2, 0.25) is 0 Å². The maximum Gasteiger partial charge on any atom is 0.306 e. The standard InChI is InChI=1S/C19H22O8/c1-23-10-12-8-14(20)18(22)19(27-12)13(9-17(21)26-4)11-5-6-15(24-2)16(7-11)25-3/h5-8,13,22H,9-10H2,1-4H3. The Hall–Kier alpha value is -3.00. The summed E-state index contributed by atoms with van der Waals surface area (Å²) in [5, 5.41) is 10.3. The number of hydrogen-bond acceptors (Lipinski definition) is 8. The molecule has 0 fully saturated rings. The van der Waals surface area contributed by atoms with Gasteiger partial charge in [-0.1, -0.05) is 6.07 Å². The molecule has 0 spiro atoms. The SMILES string of the molecule is COCc1cc(=O)c(O)c(C(CC(=O)OC)c2ccc(OC)c(OC)c2)o1. The van der Waals surface area contributed by atoms with Crippen LogP contribution in [0.15, 0.2) is 33.5 Å². The van der Waals surface area contributed by atoms with Gasteiger partial charge in [0.05, 0.1) is 33.7 Å². The number of carbonyl (C=O) groups excluding carboxylic acids is 1. The van der Waals surface area contributed by atoms with E-state index in [1.165, 1.54) is 28.4 Å². The van der Waals surface area contributed by atoms with Gasteiger partial charge in [0.15, 0.2) is 17.3 Å². The average molecular weight is 378 g/mol. The highest BCUT2D eigenvalue weighted by Crippen LogP contribution is 2.37. The first-order valence-electron chi connectivity index (χ1n) is 8.08. The van der Waals surface area contributed by atoms with Crippen LogP contribution in [0.25, 0.3) is 0 Å². The zero-order valence-electron chi connectivity index (χ0n) is 15.6. The fraction of sp³-hybridized carbons (Fsp3) is 0.368. The minimum Gasteiger partial charge on any atom is -0.502 e. The monoisotopic (exact) mass is 378 g/mol. The molecule has 8 nitrogen and oxygen atoms in total. The molecule has 2 aromatic rings. The van der Waals surface area contributed by atoms with E-state index < -0.39 is 23.1 Å². The number of esters is 1. The van der Waals surface area contributed by atoms with Gasteiger partial charge in [-0.15, -0.1) is 0 Å². The van der Waals surface area contributed by atoms with Crippen molar-refractivity contribution in [2.24, 2.45) is 0 Å². The van der Waals surface area contributed by atoms with Gasteiger partial charge in [-0.2, -0.15) is 0 Å². The van der Waals surface area contributed by atoms with E-state index in [2.05, 4.69) is 0 Å². The fourth-order valence-electron chi connectivity index (χ4n) is 2.69. The third-order valence-corrected chi connectivity index (χ3v) is 4.01. The molecule has 1 aromatic carbocycles. The van der Waals surface area contributed by atoms with Crippen LogP contribution < -0.4 is 14.9 Å². The highest BCUT2D eigenvalue weighted by molar-refractivity contribution is 5.71. The molecule has 0 saturated carbocycles. The van der Waals surface area contributed by atoms with E-state index in [1.807, 2.05) is 0 Å². The molecule has 0 bridgehead atoms. The quantitative estimate of drug-likeness (QED) is 0.697. The molecule has 27 heavy (non-hydrogen) atoms. The number of aromatic hydroxyl groups is 1. The van der Waals surface area contributed by atoms with Gasteiger partial charge in [0.1, 0.15) is 12.4 Å². The summed E-state index contributed by atoms with van der Waals surface area (Å²) in [5.74, 6) is -0.774. The van der Waals surface area contributed by atoms with Crippen molar-refractivity contribution >= 4 is 5.97 Å². The van der Waals surface area contributed by atoms with Gasteiger partial charge >= 0.3 is 5.97 Å². The summed E-state index contributed by atoms with van der Waals surface area (Å²) < 4.78 is 25.9. The number of methoxy groups -OCH3 is 4. The first kappa shape index (κ1) is 20.3. The first-order valence-corrected chi connectivity index (χ1v) is 8.08. The van der Waals surface area contributed by atoms with Crippen molar-refractivity contribution < 1.29 is 33.3 Å². The van der Waals surface area contributed by atoms with Crippen LogP contribution in [0.3, 0.4) is 0 Å². The van der Waals surface area contributed by atoms with Crippen molar-refractivity contribution in [3.05, 3.63) is 51.6 Å². The van der Waals surface area contributed by atoms with Crippen LogP contribution in [0.5, 0.6) is 17.2 Å². The van der Waals surface area contributed by atoms with Gasteiger partial charge in [0, 0.05) is 13.2 Å².